The van der Waals surface area contributed by atoms with Gasteiger partial charge in [0.15, 0.2) is 0 Å². The summed E-state index contributed by atoms with van der Waals surface area (Å²) in [6.07, 6.45) is 2.80. The molecule has 4 aromatic rings. The summed E-state index contributed by atoms with van der Waals surface area (Å²) in [5.41, 5.74) is 2.58. The average Bonchev–Trinajstić information content (AvgIpc) is 3.19. The van der Waals surface area contributed by atoms with Crippen molar-refractivity contribution in [1.82, 2.24) is 14.7 Å². The zero-order valence-electron chi connectivity index (χ0n) is 14.8. The number of hydrogen-bond donors (Lipinski definition) is 0. The zero-order valence-corrected chi connectivity index (χ0v) is 15.6. The van der Waals surface area contributed by atoms with Crippen LogP contribution in [0.3, 0.4) is 0 Å². The Balaban J connectivity index is 1.56. The molecule has 0 saturated heterocycles. The van der Waals surface area contributed by atoms with E-state index in [9.17, 15) is 4.79 Å². The van der Waals surface area contributed by atoms with Crippen LogP contribution in [0.2, 0.25) is 0 Å². The van der Waals surface area contributed by atoms with Gasteiger partial charge in [-0.05, 0) is 35.1 Å². The second kappa shape index (κ2) is 6.76. The van der Waals surface area contributed by atoms with E-state index in [2.05, 4.69) is 45.7 Å². The van der Waals surface area contributed by atoms with Crippen LogP contribution in [-0.4, -0.2) is 21.2 Å². The topological polar surface area (TPSA) is 38.1 Å². The molecule has 0 aliphatic carbocycles. The number of benzene rings is 2. The fourth-order valence-electron chi connectivity index (χ4n) is 3.95. The third kappa shape index (κ3) is 2.89. The minimum Gasteiger partial charge on any atom is -0.273 e. The monoisotopic (exact) mass is 373 g/mol. The molecule has 5 heteroatoms. The SMILES string of the molecule is O=c1c2ccccc2cnn1CN1CCc2sccc2[C@H]1c1ccccc1. The summed E-state index contributed by atoms with van der Waals surface area (Å²) in [4.78, 5) is 16.7. The van der Waals surface area contributed by atoms with Gasteiger partial charge in [-0.3, -0.25) is 9.69 Å². The van der Waals surface area contributed by atoms with Gasteiger partial charge >= 0.3 is 0 Å². The Hall–Kier alpha value is -2.76. The zero-order chi connectivity index (χ0) is 18.2. The van der Waals surface area contributed by atoms with Gasteiger partial charge < -0.3 is 0 Å². The van der Waals surface area contributed by atoms with Crippen LogP contribution in [0.15, 0.2) is 77.0 Å². The van der Waals surface area contributed by atoms with E-state index in [1.165, 1.54) is 16.0 Å². The summed E-state index contributed by atoms with van der Waals surface area (Å²) < 4.78 is 1.59. The van der Waals surface area contributed by atoms with Gasteiger partial charge in [-0.1, -0.05) is 48.5 Å². The third-order valence-electron chi connectivity index (χ3n) is 5.26. The molecule has 0 unspecified atom stereocenters. The highest BCUT2D eigenvalue weighted by atomic mass is 32.1. The first-order valence-corrected chi connectivity index (χ1v) is 9.99. The Labute approximate surface area is 161 Å². The molecular weight excluding hydrogens is 354 g/mol. The number of aromatic nitrogens is 2. The fourth-order valence-corrected chi connectivity index (χ4v) is 4.85. The van der Waals surface area contributed by atoms with Crippen LogP contribution in [0.5, 0.6) is 0 Å². The Morgan fingerprint density at radius 2 is 1.85 bits per heavy atom. The van der Waals surface area contributed by atoms with Crippen LogP contribution in [0, 0.1) is 0 Å². The second-order valence-corrected chi connectivity index (χ2v) is 7.85. The third-order valence-corrected chi connectivity index (χ3v) is 6.25. The Morgan fingerprint density at radius 3 is 2.74 bits per heavy atom. The van der Waals surface area contributed by atoms with Crippen molar-refractivity contribution in [2.75, 3.05) is 6.54 Å². The van der Waals surface area contributed by atoms with E-state index in [-0.39, 0.29) is 11.6 Å². The fraction of sp³-hybridized carbons (Fsp3) is 0.182. The first-order valence-electron chi connectivity index (χ1n) is 9.11. The first-order chi connectivity index (χ1) is 13.3. The number of rotatable bonds is 3. The van der Waals surface area contributed by atoms with Crippen LogP contribution in [0.25, 0.3) is 10.8 Å². The molecule has 1 aliphatic rings. The van der Waals surface area contributed by atoms with Crippen molar-refractivity contribution in [3.05, 3.63) is 98.6 Å². The summed E-state index contributed by atoms with van der Waals surface area (Å²) in [7, 11) is 0. The molecule has 0 saturated carbocycles. The molecular formula is C22H19N3OS. The minimum absolute atomic E-state index is 0.0315. The second-order valence-electron chi connectivity index (χ2n) is 6.85. The van der Waals surface area contributed by atoms with Crippen molar-refractivity contribution in [2.24, 2.45) is 0 Å². The van der Waals surface area contributed by atoms with Crippen LogP contribution < -0.4 is 5.56 Å². The van der Waals surface area contributed by atoms with Gasteiger partial charge in [0.2, 0.25) is 0 Å². The lowest BCUT2D eigenvalue weighted by Gasteiger charge is -2.36. The van der Waals surface area contributed by atoms with Crippen molar-refractivity contribution in [2.45, 2.75) is 19.1 Å². The smallest absolute Gasteiger partial charge is 0.273 e. The van der Waals surface area contributed by atoms with E-state index in [1.807, 2.05) is 41.7 Å². The Bertz CT molecular complexity index is 1150. The first kappa shape index (κ1) is 16.4. The van der Waals surface area contributed by atoms with Gasteiger partial charge in [0, 0.05) is 16.8 Å². The van der Waals surface area contributed by atoms with Crippen molar-refractivity contribution in [3.8, 4) is 0 Å². The van der Waals surface area contributed by atoms with E-state index < -0.39 is 0 Å². The maximum atomic E-state index is 12.9. The molecule has 2 aromatic heterocycles. The maximum Gasteiger partial charge on any atom is 0.275 e. The minimum atomic E-state index is -0.0315. The van der Waals surface area contributed by atoms with Crippen molar-refractivity contribution in [3.63, 3.8) is 0 Å². The highest BCUT2D eigenvalue weighted by molar-refractivity contribution is 7.10. The molecule has 134 valence electrons. The van der Waals surface area contributed by atoms with E-state index >= 15 is 0 Å². The maximum absolute atomic E-state index is 12.9. The van der Waals surface area contributed by atoms with E-state index in [1.54, 1.807) is 10.9 Å². The molecule has 27 heavy (non-hydrogen) atoms. The molecule has 0 fully saturated rings. The van der Waals surface area contributed by atoms with Crippen LogP contribution in [0.4, 0.5) is 0 Å². The molecule has 4 nitrogen and oxygen atoms in total. The Kier molecular flexibility index (Phi) is 4.11. The highest BCUT2D eigenvalue weighted by Crippen LogP contribution is 2.37. The van der Waals surface area contributed by atoms with Gasteiger partial charge in [-0.25, -0.2) is 4.68 Å². The molecule has 1 aliphatic heterocycles. The lowest BCUT2D eigenvalue weighted by molar-refractivity contribution is 0.154. The van der Waals surface area contributed by atoms with Gasteiger partial charge in [-0.15, -0.1) is 11.3 Å². The highest BCUT2D eigenvalue weighted by Gasteiger charge is 2.30. The molecule has 5 rings (SSSR count). The molecule has 0 spiro atoms. The predicted octanol–water partition coefficient (Wildman–Crippen LogP) is 4.06. The summed E-state index contributed by atoms with van der Waals surface area (Å²) in [6, 6.07) is 20.5. The molecule has 0 amide bonds. The van der Waals surface area contributed by atoms with Crippen LogP contribution >= 0.6 is 11.3 Å². The molecule has 0 N–H and O–H groups in total. The Morgan fingerprint density at radius 1 is 1.04 bits per heavy atom. The predicted molar refractivity (Wildman–Crippen MR) is 109 cm³/mol. The summed E-state index contributed by atoms with van der Waals surface area (Å²) in [5.74, 6) is 0. The molecule has 3 heterocycles. The van der Waals surface area contributed by atoms with Crippen molar-refractivity contribution in [1.29, 1.82) is 0 Å². The summed E-state index contributed by atoms with van der Waals surface area (Å²) in [6.45, 7) is 1.40. The van der Waals surface area contributed by atoms with E-state index in [4.69, 9.17) is 0 Å². The number of thiophene rings is 1. The lowest BCUT2D eigenvalue weighted by atomic mass is 9.94. The number of nitrogens with zero attached hydrogens (tertiary/aromatic N) is 3. The summed E-state index contributed by atoms with van der Waals surface area (Å²) >= 11 is 1.83. The quantitative estimate of drug-likeness (QED) is 0.543. The molecule has 0 radical (unpaired) electrons. The van der Waals surface area contributed by atoms with E-state index in [0.29, 0.717) is 6.67 Å². The number of hydrogen-bond acceptors (Lipinski definition) is 4. The summed E-state index contributed by atoms with van der Waals surface area (Å²) in [5, 5.41) is 8.21. The lowest BCUT2D eigenvalue weighted by Crippen LogP contribution is -2.40. The van der Waals surface area contributed by atoms with Crippen LogP contribution in [0.1, 0.15) is 22.0 Å². The average molecular weight is 373 g/mol. The van der Waals surface area contributed by atoms with Crippen molar-refractivity contribution < 1.29 is 0 Å². The van der Waals surface area contributed by atoms with Crippen LogP contribution in [-0.2, 0) is 13.1 Å². The number of fused-ring (bicyclic) bond motifs is 2. The molecule has 0 bridgehead atoms. The normalized spacial score (nSPS) is 17.1. The van der Waals surface area contributed by atoms with E-state index in [0.717, 1.165) is 23.7 Å². The standard InChI is InChI=1S/C22H19N3OS/c26-22-18-9-5-4-8-17(18)14-23-25(22)15-24-12-10-20-19(11-13-27-20)21(24)16-6-2-1-3-7-16/h1-9,11,13-14,21H,10,12,15H2/t21-/m1/s1. The van der Waals surface area contributed by atoms with Gasteiger partial charge in [0.25, 0.3) is 5.56 Å². The van der Waals surface area contributed by atoms with Gasteiger partial charge in [0.05, 0.1) is 24.3 Å². The van der Waals surface area contributed by atoms with Gasteiger partial charge in [-0.2, -0.15) is 5.10 Å². The largest absolute Gasteiger partial charge is 0.275 e. The molecule has 2 aromatic carbocycles. The van der Waals surface area contributed by atoms with Gasteiger partial charge in [0.1, 0.15) is 0 Å². The van der Waals surface area contributed by atoms with Crippen molar-refractivity contribution >= 4 is 22.1 Å². The molecule has 1 atom stereocenters.